The Morgan fingerprint density at radius 3 is 2.87 bits per heavy atom. The summed E-state index contributed by atoms with van der Waals surface area (Å²) in [5.74, 6) is 0.0448. The first kappa shape index (κ1) is 17.7. The van der Waals surface area contributed by atoms with E-state index in [-0.39, 0.29) is 18.6 Å². The molecule has 1 aromatic carbocycles. The Morgan fingerprint density at radius 1 is 1.30 bits per heavy atom. The van der Waals surface area contributed by atoms with Gasteiger partial charge in [0, 0.05) is 37.8 Å². The minimum atomic E-state index is -1.51. The Kier molecular flexibility index (Phi) is 4.12. The van der Waals surface area contributed by atoms with Crippen LogP contribution in [0, 0.1) is 0 Å². The maximum Gasteiger partial charge on any atom is 0.139 e. The topological polar surface area (TPSA) is 75.9 Å². The van der Waals surface area contributed by atoms with E-state index in [1.54, 1.807) is 60.6 Å². The van der Waals surface area contributed by atoms with Gasteiger partial charge in [0.1, 0.15) is 18.1 Å². The second-order valence-electron chi connectivity index (χ2n) is 8.01. The fraction of sp³-hybridized carbons (Fsp3) is 0.318. The summed E-state index contributed by atoms with van der Waals surface area (Å²) in [7, 11) is 0. The third kappa shape index (κ3) is 3.17. The van der Waals surface area contributed by atoms with Gasteiger partial charge >= 0.3 is 0 Å². The molecule has 2 fully saturated rings. The van der Waals surface area contributed by atoms with E-state index >= 15 is 4.39 Å². The number of nitrogens with zero attached hydrogens (tertiary/aromatic N) is 4. The number of rotatable bonds is 3. The number of aromatic hydroxyl groups is 1. The second-order valence-corrected chi connectivity index (χ2v) is 8.01. The van der Waals surface area contributed by atoms with Gasteiger partial charge in [-0.1, -0.05) is 0 Å². The third-order valence-electron chi connectivity index (χ3n) is 5.79. The number of piperidine rings is 1. The number of hydrogen-bond acceptors (Lipinski definition) is 5. The number of halogens is 2. The van der Waals surface area contributed by atoms with E-state index in [9.17, 15) is 9.50 Å². The summed E-state index contributed by atoms with van der Waals surface area (Å²) in [5, 5.41) is 21.5. The Balaban J connectivity index is 1.41. The molecule has 0 unspecified atom stereocenters. The predicted octanol–water partition coefficient (Wildman–Crippen LogP) is 3.62. The molecule has 154 valence electrons. The largest absolute Gasteiger partial charge is 0.507 e. The molecule has 0 saturated carbocycles. The van der Waals surface area contributed by atoms with Gasteiger partial charge in [0.2, 0.25) is 0 Å². The molecule has 4 atom stereocenters. The molecule has 0 spiro atoms. The molecule has 5 rings (SSSR count). The third-order valence-corrected chi connectivity index (χ3v) is 5.79. The van der Waals surface area contributed by atoms with Crippen molar-refractivity contribution < 1.29 is 15.3 Å². The van der Waals surface area contributed by atoms with Crippen molar-refractivity contribution in [3.05, 3.63) is 60.3 Å². The average Bonchev–Trinajstić information content (AvgIpc) is 3.33. The van der Waals surface area contributed by atoms with Gasteiger partial charge in [-0.15, -0.1) is 5.10 Å². The first-order valence-electron chi connectivity index (χ1n) is 10.2. The first-order chi connectivity index (χ1) is 14.8. The summed E-state index contributed by atoms with van der Waals surface area (Å²) >= 11 is 0. The van der Waals surface area contributed by atoms with Crippen LogP contribution in [-0.2, 0) is 0 Å². The molecule has 0 radical (unpaired) electrons. The summed E-state index contributed by atoms with van der Waals surface area (Å²) in [6.07, 6.45) is 3.68. The molecular formula is C22H21F2N5O. The number of phenols is 1. The molecule has 0 amide bonds. The number of imidazole rings is 1. The van der Waals surface area contributed by atoms with Crippen LogP contribution >= 0.6 is 0 Å². The van der Waals surface area contributed by atoms with Crippen LogP contribution in [0.15, 0.2) is 54.6 Å². The van der Waals surface area contributed by atoms with Crippen LogP contribution in [0.2, 0.25) is 0 Å². The highest BCUT2D eigenvalue weighted by molar-refractivity contribution is 5.69. The highest BCUT2D eigenvalue weighted by Gasteiger charge is 2.52. The average molecular weight is 410 g/mol. The van der Waals surface area contributed by atoms with Crippen LogP contribution in [0.1, 0.15) is 26.8 Å². The smallest absolute Gasteiger partial charge is 0.139 e. The van der Waals surface area contributed by atoms with E-state index in [1.165, 1.54) is 0 Å². The zero-order valence-corrected chi connectivity index (χ0v) is 16.3. The number of phenolic OH excluding ortho intramolecular Hbond substituents is 1. The predicted molar refractivity (Wildman–Crippen MR) is 109 cm³/mol. The lowest BCUT2D eigenvalue weighted by molar-refractivity contribution is 0.186. The lowest BCUT2D eigenvalue weighted by atomic mass is 9.86. The monoisotopic (exact) mass is 410 g/mol. The number of alkyl halides is 2. The fourth-order valence-electron chi connectivity index (χ4n) is 4.22. The number of benzene rings is 1. The molecule has 2 saturated heterocycles. The van der Waals surface area contributed by atoms with Crippen LogP contribution in [0.3, 0.4) is 0 Å². The number of nitrogens with one attached hydrogen (secondary N) is 1. The van der Waals surface area contributed by atoms with Crippen LogP contribution in [0.5, 0.6) is 5.75 Å². The summed E-state index contributed by atoms with van der Waals surface area (Å²) in [5.41, 5.74) is 1.39. The standard InChI is InChI=1S/C22H21F2N5O/c1-22-11-17(23)19(26-22)9-13(21(22)24)8-14-2-5-18(28-27-14)16-4-3-15(10-20(16)30)29-7-6-25-12-29/h2-8,10,12,17,19,21,26,30H,9,11H2,1H3/b13-8+/t17-,19+,21+,22+/m1/s1/i19D. The first-order valence-corrected chi connectivity index (χ1v) is 9.71. The SMILES string of the molecule is [2H][C@]12C/C(=C\c3ccc(-c4ccc(-n5ccnc5)cc4O)nn3)[C@H](F)[C@](C)(C[C@H]1F)N2. The van der Waals surface area contributed by atoms with Crippen molar-refractivity contribution in [3.63, 3.8) is 0 Å². The Hall–Kier alpha value is -3.13. The highest BCUT2D eigenvalue weighted by atomic mass is 19.1. The minimum absolute atomic E-state index is 0.0338. The molecule has 2 aliphatic rings. The molecule has 2 aliphatic heterocycles. The van der Waals surface area contributed by atoms with Crippen LogP contribution in [0.25, 0.3) is 23.0 Å². The van der Waals surface area contributed by atoms with Crippen molar-refractivity contribution in [1.29, 1.82) is 0 Å². The molecule has 8 heteroatoms. The maximum absolute atomic E-state index is 15.0. The van der Waals surface area contributed by atoms with Crippen LogP contribution in [-0.4, -0.2) is 48.8 Å². The zero-order chi connectivity index (χ0) is 21.8. The molecule has 30 heavy (non-hydrogen) atoms. The molecule has 4 heterocycles. The van der Waals surface area contributed by atoms with E-state index < -0.39 is 23.9 Å². The molecule has 0 aliphatic carbocycles. The molecule has 2 N–H and O–H groups in total. The fourth-order valence-corrected chi connectivity index (χ4v) is 4.22. The minimum Gasteiger partial charge on any atom is -0.507 e. The molecule has 2 bridgehead atoms. The lowest BCUT2D eigenvalue weighted by Gasteiger charge is -2.35. The lowest BCUT2D eigenvalue weighted by Crippen LogP contribution is -2.53. The van der Waals surface area contributed by atoms with Gasteiger partial charge in [-0.05, 0) is 49.3 Å². The zero-order valence-electron chi connectivity index (χ0n) is 17.3. The second kappa shape index (κ2) is 6.98. The number of aromatic nitrogens is 4. The maximum atomic E-state index is 15.0. The van der Waals surface area contributed by atoms with E-state index in [0.717, 1.165) is 5.69 Å². The summed E-state index contributed by atoms with van der Waals surface area (Å²) in [6.45, 7) is 1.61. The summed E-state index contributed by atoms with van der Waals surface area (Å²) < 4.78 is 39.4. The Labute approximate surface area is 173 Å². The van der Waals surface area contributed by atoms with Gasteiger partial charge in [0.25, 0.3) is 0 Å². The van der Waals surface area contributed by atoms with Gasteiger partial charge in [-0.25, -0.2) is 13.8 Å². The van der Waals surface area contributed by atoms with Crippen molar-refractivity contribution >= 4 is 6.08 Å². The van der Waals surface area contributed by atoms with Gasteiger partial charge in [0.15, 0.2) is 0 Å². The van der Waals surface area contributed by atoms with Gasteiger partial charge in [0.05, 0.1) is 28.9 Å². The number of fused-ring (bicyclic) bond motifs is 2. The van der Waals surface area contributed by atoms with Crippen molar-refractivity contribution in [2.24, 2.45) is 0 Å². The summed E-state index contributed by atoms with van der Waals surface area (Å²) in [4.78, 5) is 3.99. The van der Waals surface area contributed by atoms with Crippen molar-refractivity contribution in [2.75, 3.05) is 0 Å². The Morgan fingerprint density at radius 2 is 2.17 bits per heavy atom. The quantitative estimate of drug-likeness (QED) is 0.690. The van der Waals surface area contributed by atoms with Gasteiger partial charge in [-0.3, -0.25) is 0 Å². The molecule has 6 nitrogen and oxygen atoms in total. The van der Waals surface area contributed by atoms with Crippen molar-refractivity contribution in [1.82, 2.24) is 25.1 Å². The van der Waals surface area contributed by atoms with E-state index in [1.807, 2.05) is 6.07 Å². The van der Waals surface area contributed by atoms with E-state index in [0.29, 0.717) is 22.5 Å². The molecule has 3 aromatic rings. The molecule has 2 aromatic heterocycles. The Bertz CT molecular complexity index is 1150. The van der Waals surface area contributed by atoms with Gasteiger partial charge < -0.3 is 15.0 Å². The van der Waals surface area contributed by atoms with Gasteiger partial charge in [-0.2, -0.15) is 5.10 Å². The normalized spacial score (nSPS) is 32.4. The van der Waals surface area contributed by atoms with E-state index in [4.69, 9.17) is 1.37 Å². The highest BCUT2D eigenvalue weighted by Crippen LogP contribution is 2.42. The van der Waals surface area contributed by atoms with Crippen molar-refractivity contribution in [2.45, 2.75) is 43.7 Å². The van der Waals surface area contributed by atoms with Crippen LogP contribution in [0.4, 0.5) is 8.78 Å². The van der Waals surface area contributed by atoms with Crippen molar-refractivity contribution in [3.8, 4) is 22.7 Å². The van der Waals surface area contributed by atoms with E-state index in [2.05, 4.69) is 20.5 Å². The summed E-state index contributed by atoms with van der Waals surface area (Å²) in [6, 6.07) is 7.01. The molecular weight excluding hydrogens is 388 g/mol. The number of hydrogen-bond donors (Lipinski definition) is 2. The van der Waals surface area contributed by atoms with Crippen LogP contribution < -0.4 is 5.32 Å².